The van der Waals surface area contributed by atoms with Gasteiger partial charge in [0.05, 0.1) is 23.3 Å². The molecule has 2 saturated heterocycles. The van der Waals surface area contributed by atoms with E-state index in [0.717, 1.165) is 39.6 Å². The number of imide groups is 2. The highest BCUT2D eigenvalue weighted by Crippen LogP contribution is 2.41. The predicted molar refractivity (Wildman–Crippen MR) is 195 cm³/mol. The van der Waals surface area contributed by atoms with Gasteiger partial charge in [0, 0.05) is 10.6 Å². The topological polar surface area (TPSA) is 152 Å². The molecule has 2 aliphatic rings. The molecule has 4 aromatic rings. The fraction of sp³-hybridized carbons (Fsp3) is 0.243. The molecule has 2 unspecified atom stereocenters. The maximum atomic E-state index is 13.6. The molecule has 0 saturated carbocycles. The number of anilines is 1. The number of hydrogen-bond donors (Lipinski definition) is 3. The number of amides is 4. The summed E-state index contributed by atoms with van der Waals surface area (Å²) >= 11 is 7.90. The van der Waals surface area contributed by atoms with E-state index in [-0.39, 0.29) is 35.8 Å². The molecule has 2 aliphatic heterocycles. The monoisotopic (exact) mass is 748 g/mol. The van der Waals surface area contributed by atoms with Crippen LogP contribution in [-0.4, -0.2) is 63.3 Å². The van der Waals surface area contributed by atoms with E-state index in [9.17, 15) is 29.4 Å². The zero-order valence-electron chi connectivity index (χ0n) is 27.2. The summed E-state index contributed by atoms with van der Waals surface area (Å²) in [6.45, 7) is -0.116. The average molecular weight is 749 g/mol. The van der Waals surface area contributed by atoms with Crippen LogP contribution in [0.2, 0.25) is 5.02 Å². The van der Waals surface area contributed by atoms with Gasteiger partial charge in [-0.3, -0.25) is 24.5 Å². The third-order valence-corrected chi connectivity index (χ3v) is 10.5. The zero-order valence-corrected chi connectivity index (χ0v) is 29.6. The molecule has 2 fully saturated rings. The summed E-state index contributed by atoms with van der Waals surface area (Å²) in [6, 6.07) is 25.9. The second-order valence-electron chi connectivity index (χ2n) is 11.7. The number of aliphatic hydroxyl groups is 2. The van der Waals surface area contributed by atoms with Crippen LogP contribution in [-0.2, 0) is 22.4 Å². The number of nitrogens with zero attached hydrogens (tertiary/aromatic N) is 1. The summed E-state index contributed by atoms with van der Waals surface area (Å²) in [4.78, 5) is 51.2. The smallest absolute Gasteiger partial charge is 0.293 e. The fourth-order valence-electron chi connectivity index (χ4n) is 5.66. The van der Waals surface area contributed by atoms with Gasteiger partial charge in [-0.2, -0.15) is 0 Å². The molecule has 4 atom stereocenters. The Balaban J connectivity index is 1.05. The van der Waals surface area contributed by atoms with Crippen molar-refractivity contribution in [3.63, 3.8) is 0 Å². The summed E-state index contributed by atoms with van der Waals surface area (Å²) < 4.78 is 17.2. The minimum Gasteiger partial charge on any atom is -0.494 e. The second kappa shape index (κ2) is 16.2. The van der Waals surface area contributed by atoms with Crippen LogP contribution < -0.4 is 24.4 Å². The van der Waals surface area contributed by atoms with Crippen LogP contribution in [0.4, 0.5) is 15.3 Å². The first-order chi connectivity index (χ1) is 24.6. The van der Waals surface area contributed by atoms with Crippen LogP contribution in [0.1, 0.15) is 34.5 Å². The Morgan fingerprint density at radius 1 is 0.784 bits per heavy atom. The van der Waals surface area contributed by atoms with Crippen LogP contribution in [0.5, 0.6) is 17.2 Å². The summed E-state index contributed by atoms with van der Waals surface area (Å²) in [5.74, 6) is 0.476. The Morgan fingerprint density at radius 2 is 1.39 bits per heavy atom. The van der Waals surface area contributed by atoms with E-state index in [2.05, 4.69) is 5.32 Å². The van der Waals surface area contributed by atoms with Crippen molar-refractivity contribution in [2.45, 2.75) is 35.5 Å². The van der Waals surface area contributed by atoms with Gasteiger partial charge in [-0.05, 0) is 72.0 Å². The number of hydrogen-bond acceptors (Lipinski definition) is 11. The molecule has 0 aromatic heterocycles. The van der Waals surface area contributed by atoms with Crippen molar-refractivity contribution in [3.8, 4) is 17.2 Å². The van der Waals surface area contributed by atoms with Crippen LogP contribution in [0.25, 0.3) is 0 Å². The number of nitrogens with one attached hydrogen (secondary N) is 1. The number of carbonyl (C=O) groups excluding carboxylic acids is 4. The predicted octanol–water partition coefficient (Wildman–Crippen LogP) is 6.28. The van der Waals surface area contributed by atoms with Crippen LogP contribution in [0, 0.1) is 0 Å². The molecular weight excluding hydrogens is 716 g/mol. The van der Waals surface area contributed by atoms with E-state index < -0.39 is 33.9 Å². The van der Waals surface area contributed by atoms with Gasteiger partial charge in [-0.25, -0.2) is 4.90 Å². The van der Waals surface area contributed by atoms with Gasteiger partial charge in [-0.15, -0.1) is 0 Å². The van der Waals surface area contributed by atoms with Crippen LogP contribution >= 0.6 is 35.1 Å². The maximum absolute atomic E-state index is 13.6. The average Bonchev–Trinajstić information content (AvgIpc) is 3.60. The van der Waals surface area contributed by atoms with Crippen LogP contribution in [0.15, 0.2) is 91.0 Å². The molecule has 3 N–H and O–H groups in total. The quantitative estimate of drug-likeness (QED) is 0.134. The molecule has 11 nitrogen and oxygen atoms in total. The molecule has 0 spiro atoms. The van der Waals surface area contributed by atoms with Gasteiger partial charge in [0.1, 0.15) is 42.7 Å². The molecule has 14 heteroatoms. The lowest BCUT2D eigenvalue weighted by molar-refractivity contribution is -0.119. The van der Waals surface area contributed by atoms with Crippen molar-refractivity contribution in [2.24, 2.45) is 0 Å². The van der Waals surface area contributed by atoms with Gasteiger partial charge >= 0.3 is 0 Å². The van der Waals surface area contributed by atoms with Gasteiger partial charge < -0.3 is 24.4 Å². The number of rotatable bonds is 14. The van der Waals surface area contributed by atoms with Crippen molar-refractivity contribution in [3.05, 3.63) is 118 Å². The van der Waals surface area contributed by atoms with Crippen molar-refractivity contribution in [2.75, 3.05) is 25.2 Å². The third kappa shape index (κ3) is 8.68. The first kappa shape index (κ1) is 36.3. The molecule has 4 aromatic carbocycles. The number of para-hydroxylation sites is 1. The van der Waals surface area contributed by atoms with E-state index in [1.807, 2.05) is 12.1 Å². The molecular formula is C37H33ClN2O9S2. The molecule has 6 rings (SSSR count). The van der Waals surface area contributed by atoms with Crippen molar-refractivity contribution in [1.29, 1.82) is 0 Å². The van der Waals surface area contributed by atoms with E-state index in [1.54, 1.807) is 78.9 Å². The summed E-state index contributed by atoms with van der Waals surface area (Å²) in [6.07, 6.45) is -1.34. The molecule has 2 heterocycles. The Kier molecular flexibility index (Phi) is 11.5. The standard InChI is InChI=1S/C37H33ClN2O9S2/c1-47-33-27(30(42)20-49-26-12-8-21(9-13-26)16-31-34(43)39-36(45)50-31)6-3-7-28(33)40-35(44)32(51-37(40)46)17-22-10-14-25(15-11-22)48-19-29(41)23-4-2-5-24(38)18-23/h2-15,18,29-32,41-42H,16-17,19-20H2,1H3,(H,39,43,45)/t29-,30-,31?,32?/m0/s1. The largest absolute Gasteiger partial charge is 0.494 e. The number of halogens is 1. The van der Waals surface area contributed by atoms with E-state index in [0.29, 0.717) is 40.5 Å². The number of ether oxygens (including phenoxy) is 3. The SMILES string of the molecule is COc1c([C@@H](O)COc2ccc(CC3SC(=O)NC3=O)cc2)cccc1N1C(=O)SC(Cc2ccc(OC[C@H](O)c3cccc(Cl)c3)cc2)C1=O. The molecule has 0 bridgehead atoms. The molecule has 264 valence electrons. The van der Waals surface area contributed by atoms with Gasteiger partial charge in [0.2, 0.25) is 11.8 Å². The number of aliphatic hydroxyl groups excluding tert-OH is 2. The van der Waals surface area contributed by atoms with Gasteiger partial charge in [0.25, 0.3) is 10.5 Å². The lowest BCUT2D eigenvalue weighted by Crippen LogP contribution is -2.32. The highest BCUT2D eigenvalue weighted by atomic mass is 35.5. The lowest BCUT2D eigenvalue weighted by Gasteiger charge is -2.22. The van der Waals surface area contributed by atoms with Crippen molar-refractivity contribution < 1.29 is 43.6 Å². The highest BCUT2D eigenvalue weighted by Gasteiger charge is 2.42. The fourth-order valence-corrected chi connectivity index (χ4v) is 7.73. The first-order valence-electron chi connectivity index (χ1n) is 15.9. The number of methoxy groups -OCH3 is 1. The normalized spacial score (nSPS) is 18.5. The number of thioether (sulfide) groups is 2. The molecule has 0 radical (unpaired) electrons. The van der Waals surface area contributed by atoms with Crippen molar-refractivity contribution >= 4 is 63.1 Å². The Hall–Kier alpha value is -4.53. The summed E-state index contributed by atoms with van der Waals surface area (Å²) in [5, 5.41) is 22.4. The number of benzene rings is 4. The molecule has 0 aliphatic carbocycles. The van der Waals surface area contributed by atoms with Crippen LogP contribution in [0.3, 0.4) is 0 Å². The molecule has 51 heavy (non-hydrogen) atoms. The van der Waals surface area contributed by atoms with E-state index in [1.165, 1.54) is 7.11 Å². The Labute approximate surface area is 307 Å². The Bertz CT molecular complexity index is 1930. The number of carbonyl (C=O) groups is 4. The first-order valence-corrected chi connectivity index (χ1v) is 18.0. The minimum atomic E-state index is -1.16. The molecule has 4 amide bonds. The van der Waals surface area contributed by atoms with Crippen molar-refractivity contribution in [1.82, 2.24) is 5.32 Å². The van der Waals surface area contributed by atoms with E-state index >= 15 is 0 Å². The Morgan fingerprint density at radius 3 is 1.98 bits per heavy atom. The summed E-state index contributed by atoms with van der Waals surface area (Å²) in [7, 11) is 1.40. The maximum Gasteiger partial charge on any atom is 0.293 e. The second-order valence-corrected chi connectivity index (χ2v) is 14.5. The summed E-state index contributed by atoms with van der Waals surface area (Å²) in [5.41, 5.74) is 2.87. The zero-order chi connectivity index (χ0) is 36.1. The lowest BCUT2D eigenvalue weighted by atomic mass is 10.1. The third-order valence-electron chi connectivity index (χ3n) is 8.26. The highest BCUT2D eigenvalue weighted by molar-refractivity contribution is 8.16. The minimum absolute atomic E-state index is 0.0295. The van der Waals surface area contributed by atoms with E-state index in [4.69, 9.17) is 25.8 Å². The van der Waals surface area contributed by atoms with Gasteiger partial charge in [0.15, 0.2) is 0 Å². The van der Waals surface area contributed by atoms with Gasteiger partial charge in [-0.1, -0.05) is 83.7 Å².